The van der Waals surface area contributed by atoms with Crippen LogP contribution in [0.1, 0.15) is 6.42 Å². The second-order valence-electron chi connectivity index (χ2n) is 1.95. The lowest BCUT2D eigenvalue weighted by Gasteiger charge is -2.00. The minimum Gasteiger partial charge on any atom is -0.396 e. The smallest absolute Gasteiger partial charge is 0.254 e. The Morgan fingerprint density at radius 3 is 2.45 bits per heavy atom. The Morgan fingerprint density at radius 2 is 2.09 bits per heavy atom. The summed E-state index contributed by atoms with van der Waals surface area (Å²) in [4.78, 5) is 21.5. The average molecular weight is 157 g/mol. The van der Waals surface area contributed by atoms with E-state index in [4.69, 9.17) is 5.11 Å². The predicted molar refractivity (Wildman–Crippen MR) is 39.9 cm³/mol. The molecule has 0 aliphatic carbocycles. The summed E-state index contributed by atoms with van der Waals surface area (Å²) in [5.74, 6) is -0.921. The van der Waals surface area contributed by atoms with Gasteiger partial charge in [0.25, 0.3) is 5.91 Å². The molecule has 0 aliphatic rings. The maximum atomic E-state index is 10.8. The van der Waals surface area contributed by atoms with E-state index in [9.17, 15) is 9.59 Å². The molecule has 0 radical (unpaired) electrons. The Balaban J connectivity index is 4.03. The number of hydrogen-bond acceptors (Lipinski definition) is 3. The van der Waals surface area contributed by atoms with Crippen LogP contribution in [0.3, 0.4) is 0 Å². The molecule has 0 unspecified atom stereocenters. The quantitative estimate of drug-likeness (QED) is 0.320. The van der Waals surface area contributed by atoms with Crippen molar-refractivity contribution in [1.82, 2.24) is 5.32 Å². The van der Waals surface area contributed by atoms with Crippen molar-refractivity contribution < 1.29 is 14.7 Å². The van der Waals surface area contributed by atoms with E-state index in [2.05, 4.69) is 11.9 Å². The molecule has 11 heavy (non-hydrogen) atoms. The van der Waals surface area contributed by atoms with Crippen LogP contribution in [-0.2, 0) is 9.59 Å². The largest absolute Gasteiger partial charge is 0.396 e. The highest BCUT2D eigenvalue weighted by atomic mass is 16.3. The molecule has 0 saturated heterocycles. The number of Topliss-reactive ketones (excluding diaryl/α,β-unsaturated/α-hetero) is 1. The molecule has 62 valence electrons. The first-order valence-electron chi connectivity index (χ1n) is 3.18. The van der Waals surface area contributed by atoms with E-state index < -0.39 is 11.7 Å². The van der Waals surface area contributed by atoms with Crippen molar-refractivity contribution in [3.05, 3.63) is 12.2 Å². The van der Waals surface area contributed by atoms with Gasteiger partial charge in [-0.25, -0.2) is 0 Å². The van der Waals surface area contributed by atoms with Gasteiger partial charge in [0.15, 0.2) is 5.78 Å². The number of hydrogen-bond donors (Lipinski definition) is 2. The normalized spacial score (nSPS) is 8.91. The fourth-order valence-corrected chi connectivity index (χ4v) is 0.530. The number of aliphatic hydroxyl groups is 1. The second kappa shape index (κ2) is 4.62. The first-order valence-corrected chi connectivity index (χ1v) is 3.18. The molecule has 0 saturated carbocycles. The molecule has 0 bridgehead atoms. The predicted octanol–water partition coefficient (Wildman–Crippen LogP) is -0.760. The Kier molecular flexibility index (Phi) is 4.14. The number of likely N-dealkylation sites (N-methyl/N-ethyl adjacent to an activating group) is 1. The summed E-state index contributed by atoms with van der Waals surface area (Å²) < 4.78 is 0. The topological polar surface area (TPSA) is 66.4 Å². The van der Waals surface area contributed by atoms with Crippen molar-refractivity contribution in [3.8, 4) is 0 Å². The van der Waals surface area contributed by atoms with Crippen molar-refractivity contribution in [3.63, 3.8) is 0 Å². The van der Waals surface area contributed by atoms with Crippen LogP contribution in [0.4, 0.5) is 0 Å². The van der Waals surface area contributed by atoms with Crippen molar-refractivity contribution in [2.24, 2.45) is 0 Å². The van der Waals surface area contributed by atoms with E-state index in [0.29, 0.717) is 0 Å². The van der Waals surface area contributed by atoms with Crippen LogP contribution < -0.4 is 5.32 Å². The lowest BCUT2D eigenvalue weighted by molar-refractivity contribution is -0.122. The molecular formula is C7H11NO3. The summed E-state index contributed by atoms with van der Waals surface area (Å²) >= 11 is 0. The van der Waals surface area contributed by atoms with Crippen molar-refractivity contribution in [2.45, 2.75) is 6.42 Å². The Hall–Kier alpha value is -1.16. The summed E-state index contributed by atoms with van der Waals surface area (Å²) in [6.07, 6.45) is -0.0494. The molecule has 0 aromatic heterocycles. The summed E-state index contributed by atoms with van der Waals surface area (Å²) in [7, 11) is 1.42. The number of aliphatic hydroxyl groups excluding tert-OH is 1. The number of ketones is 1. The molecule has 0 aliphatic heterocycles. The molecule has 0 heterocycles. The fraction of sp³-hybridized carbons (Fsp3) is 0.429. The minimum absolute atomic E-state index is 0.0494. The highest BCUT2D eigenvalue weighted by molar-refractivity contribution is 6.18. The zero-order chi connectivity index (χ0) is 8.85. The molecule has 0 aromatic rings. The Morgan fingerprint density at radius 1 is 1.55 bits per heavy atom. The lowest BCUT2D eigenvalue weighted by atomic mass is 10.1. The summed E-state index contributed by atoms with van der Waals surface area (Å²) in [6.45, 7) is 3.02. The highest BCUT2D eigenvalue weighted by Crippen LogP contribution is 1.95. The molecule has 4 heteroatoms. The average Bonchev–Trinajstić information content (AvgIpc) is 2.02. The van der Waals surface area contributed by atoms with Crippen molar-refractivity contribution >= 4 is 11.7 Å². The fourth-order valence-electron chi connectivity index (χ4n) is 0.530. The molecule has 2 N–H and O–H groups in total. The van der Waals surface area contributed by atoms with Gasteiger partial charge in [-0.3, -0.25) is 9.59 Å². The second-order valence-corrected chi connectivity index (χ2v) is 1.95. The maximum absolute atomic E-state index is 10.8. The van der Waals surface area contributed by atoms with Crippen LogP contribution in [0, 0.1) is 0 Å². The molecule has 0 spiro atoms. The Bertz CT molecular complexity index is 186. The van der Waals surface area contributed by atoms with Gasteiger partial charge in [0.1, 0.15) is 0 Å². The van der Waals surface area contributed by atoms with Crippen LogP contribution in [0.25, 0.3) is 0 Å². The summed E-state index contributed by atoms with van der Waals surface area (Å²) in [5.41, 5.74) is -0.110. The van der Waals surface area contributed by atoms with Crippen LogP contribution in [-0.4, -0.2) is 30.5 Å². The molecule has 0 rings (SSSR count). The number of nitrogens with one attached hydrogen (secondary N) is 1. The third-order valence-electron chi connectivity index (χ3n) is 1.18. The van der Waals surface area contributed by atoms with Gasteiger partial charge in [0.05, 0.1) is 12.2 Å². The number of amides is 1. The van der Waals surface area contributed by atoms with Gasteiger partial charge < -0.3 is 10.4 Å². The highest BCUT2D eigenvalue weighted by Gasteiger charge is 2.12. The van der Waals surface area contributed by atoms with Gasteiger partial charge in [0, 0.05) is 13.5 Å². The van der Waals surface area contributed by atoms with Gasteiger partial charge in [-0.05, 0) is 0 Å². The lowest BCUT2D eigenvalue weighted by Crippen LogP contribution is -2.24. The molecule has 1 amide bonds. The number of carbonyl (C=O) groups excluding carboxylic acids is 2. The van der Waals surface area contributed by atoms with Crippen LogP contribution >= 0.6 is 0 Å². The maximum Gasteiger partial charge on any atom is 0.254 e. The number of rotatable bonds is 4. The van der Waals surface area contributed by atoms with E-state index in [1.54, 1.807) is 0 Å². The third-order valence-corrected chi connectivity index (χ3v) is 1.18. The molecule has 0 aromatic carbocycles. The third kappa shape index (κ3) is 2.95. The first-order chi connectivity index (χ1) is 5.13. The van der Waals surface area contributed by atoms with Gasteiger partial charge in [-0.2, -0.15) is 0 Å². The molecule has 0 atom stereocenters. The van der Waals surface area contributed by atoms with Crippen LogP contribution in [0.5, 0.6) is 0 Å². The standard InChI is InChI=1S/C7H11NO3/c1-5(7(11)8-2)6(10)3-4-9/h9H,1,3-4H2,2H3,(H,8,11). The molecule has 0 fully saturated rings. The zero-order valence-electron chi connectivity index (χ0n) is 6.39. The van der Waals surface area contributed by atoms with Crippen molar-refractivity contribution in [1.29, 1.82) is 0 Å². The summed E-state index contributed by atoms with van der Waals surface area (Å²) in [6, 6.07) is 0. The summed E-state index contributed by atoms with van der Waals surface area (Å²) in [5, 5.41) is 10.6. The van der Waals surface area contributed by atoms with E-state index in [0.717, 1.165) is 0 Å². The van der Waals surface area contributed by atoms with Gasteiger partial charge in [-0.1, -0.05) is 6.58 Å². The van der Waals surface area contributed by atoms with Crippen LogP contribution in [0.2, 0.25) is 0 Å². The molecular weight excluding hydrogens is 146 g/mol. The van der Waals surface area contributed by atoms with Gasteiger partial charge >= 0.3 is 0 Å². The number of carbonyl (C=O) groups is 2. The van der Waals surface area contributed by atoms with E-state index in [1.807, 2.05) is 0 Å². The van der Waals surface area contributed by atoms with E-state index in [-0.39, 0.29) is 18.6 Å². The van der Waals surface area contributed by atoms with E-state index >= 15 is 0 Å². The molecule has 4 nitrogen and oxygen atoms in total. The minimum atomic E-state index is -0.497. The van der Waals surface area contributed by atoms with Crippen molar-refractivity contribution in [2.75, 3.05) is 13.7 Å². The van der Waals surface area contributed by atoms with E-state index in [1.165, 1.54) is 7.05 Å². The van der Waals surface area contributed by atoms with Gasteiger partial charge in [-0.15, -0.1) is 0 Å². The first kappa shape index (κ1) is 9.84. The SMILES string of the molecule is C=C(C(=O)CCO)C(=O)NC. The van der Waals surface area contributed by atoms with Crippen LogP contribution in [0.15, 0.2) is 12.2 Å². The zero-order valence-corrected chi connectivity index (χ0v) is 6.39. The Labute approximate surface area is 64.9 Å². The monoisotopic (exact) mass is 157 g/mol. The van der Waals surface area contributed by atoms with Gasteiger partial charge in [0.2, 0.25) is 0 Å².